The van der Waals surface area contributed by atoms with Gasteiger partial charge in [0.15, 0.2) is 5.78 Å². The van der Waals surface area contributed by atoms with Gasteiger partial charge >= 0.3 is 0 Å². The molecule has 2 aromatic heterocycles. The third kappa shape index (κ3) is 2.83. The number of hydrogen-bond acceptors (Lipinski definition) is 6. The Morgan fingerprint density at radius 1 is 1.20 bits per heavy atom. The van der Waals surface area contributed by atoms with Gasteiger partial charge in [-0.1, -0.05) is 24.3 Å². The Bertz CT molecular complexity index is 1400. The summed E-state index contributed by atoms with van der Waals surface area (Å²) in [5.41, 5.74) is 9.44. The molecular weight excluding hydrogens is 418 g/mol. The van der Waals surface area contributed by atoms with Gasteiger partial charge in [-0.15, -0.1) is 11.3 Å². The zero-order valence-electron chi connectivity index (χ0n) is 16.2. The van der Waals surface area contributed by atoms with Crippen LogP contribution in [0.4, 0.5) is 0 Å². The van der Waals surface area contributed by atoms with Crippen molar-refractivity contribution in [2.45, 2.75) is 30.7 Å². The third-order valence-electron chi connectivity index (χ3n) is 5.55. The molecule has 2 N–H and O–H groups in total. The van der Waals surface area contributed by atoms with E-state index in [9.17, 15) is 13.2 Å². The molecule has 6 nitrogen and oxygen atoms in total. The normalized spacial score (nSPS) is 16.1. The van der Waals surface area contributed by atoms with Gasteiger partial charge in [-0.25, -0.2) is 17.4 Å². The summed E-state index contributed by atoms with van der Waals surface area (Å²) in [6.07, 6.45) is 3.14. The summed E-state index contributed by atoms with van der Waals surface area (Å²) in [5.74, 6) is -0.0980. The van der Waals surface area contributed by atoms with Gasteiger partial charge in [-0.05, 0) is 48.2 Å². The van der Waals surface area contributed by atoms with Crippen molar-refractivity contribution in [3.05, 3.63) is 70.7 Å². The fraction of sp³-hybridized carbons (Fsp3) is 0.182. The summed E-state index contributed by atoms with van der Waals surface area (Å²) in [5, 5.41) is 1.36. The van der Waals surface area contributed by atoms with E-state index in [1.807, 2.05) is 18.2 Å². The zero-order valence-corrected chi connectivity index (χ0v) is 17.8. The predicted octanol–water partition coefficient (Wildman–Crippen LogP) is 4.15. The molecule has 0 saturated heterocycles. The molecule has 1 aliphatic rings. The molecule has 2 aromatic carbocycles. The second kappa shape index (κ2) is 6.87. The summed E-state index contributed by atoms with van der Waals surface area (Å²) in [6, 6.07) is 13.9. The summed E-state index contributed by atoms with van der Waals surface area (Å²) in [6.45, 7) is 1.47. The van der Waals surface area contributed by atoms with Gasteiger partial charge in [0.05, 0.1) is 21.0 Å². The van der Waals surface area contributed by atoms with Crippen LogP contribution in [0.1, 0.15) is 40.2 Å². The van der Waals surface area contributed by atoms with Gasteiger partial charge in [0.25, 0.3) is 10.0 Å². The molecule has 1 aliphatic carbocycles. The average Bonchev–Trinajstić information content (AvgIpc) is 3.45. The van der Waals surface area contributed by atoms with Crippen molar-refractivity contribution in [3.63, 3.8) is 0 Å². The number of hydrogen-bond donors (Lipinski definition) is 1. The molecule has 0 aliphatic heterocycles. The molecule has 0 bridgehead atoms. The first-order valence-electron chi connectivity index (χ1n) is 9.58. The second-order valence-corrected chi connectivity index (χ2v) is 10.2. The minimum absolute atomic E-state index is 0.0360. The minimum atomic E-state index is -3.88. The number of carbonyl (C=O) groups is 1. The zero-order chi connectivity index (χ0) is 21.0. The van der Waals surface area contributed by atoms with E-state index in [0.717, 1.165) is 29.4 Å². The van der Waals surface area contributed by atoms with E-state index >= 15 is 0 Å². The van der Waals surface area contributed by atoms with Gasteiger partial charge in [-0.2, -0.15) is 0 Å². The molecular formula is C22H19N3O3S2. The van der Waals surface area contributed by atoms with E-state index in [4.69, 9.17) is 5.73 Å². The van der Waals surface area contributed by atoms with Gasteiger partial charge in [-0.3, -0.25) is 4.79 Å². The predicted molar refractivity (Wildman–Crippen MR) is 117 cm³/mol. The fourth-order valence-electron chi connectivity index (χ4n) is 4.07. The van der Waals surface area contributed by atoms with Crippen LogP contribution in [-0.4, -0.2) is 23.2 Å². The lowest BCUT2D eigenvalue weighted by Gasteiger charge is -2.12. The number of Topliss-reactive ketones (excluding diaryl/α,β-unsaturated/α-hetero) is 1. The van der Waals surface area contributed by atoms with Gasteiger partial charge in [0.1, 0.15) is 5.01 Å². The highest BCUT2D eigenvalue weighted by molar-refractivity contribution is 7.90. The summed E-state index contributed by atoms with van der Waals surface area (Å²) in [4.78, 5) is 16.8. The number of carbonyl (C=O) groups excluding carboxylic acids is 1. The minimum Gasteiger partial charge on any atom is -0.324 e. The lowest BCUT2D eigenvalue weighted by atomic mass is 10.0. The van der Waals surface area contributed by atoms with E-state index in [1.54, 1.807) is 30.3 Å². The Morgan fingerprint density at radius 3 is 2.67 bits per heavy atom. The number of aryl methyl sites for hydroxylation is 1. The van der Waals surface area contributed by atoms with E-state index in [0.29, 0.717) is 21.1 Å². The van der Waals surface area contributed by atoms with Crippen LogP contribution in [0.5, 0.6) is 0 Å². The molecule has 1 atom stereocenters. The van der Waals surface area contributed by atoms with Crippen molar-refractivity contribution in [2.75, 3.05) is 0 Å². The summed E-state index contributed by atoms with van der Waals surface area (Å²) < 4.78 is 28.7. The quantitative estimate of drug-likeness (QED) is 0.484. The number of fused-ring (bicyclic) bond motifs is 3. The highest BCUT2D eigenvalue weighted by atomic mass is 32.2. The Morgan fingerprint density at radius 2 is 1.97 bits per heavy atom. The Balaban J connectivity index is 1.84. The van der Waals surface area contributed by atoms with Crippen molar-refractivity contribution in [2.24, 2.45) is 5.73 Å². The molecule has 0 amide bonds. The number of benzene rings is 2. The molecule has 0 spiro atoms. The Hall–Kier alpha value is -2.81. The highest BCUT2D eigenvalue weighted by Gasteiger charge is 2.29. The van der Waals surface area contributed by atoms with Gasteiger partial charge in [0.2, 0.25) is 0 Å². The van der Waals surface area contributed by atoms with E-state index in [1.165, 1.54) is 28.4 Å². The van der Waals surface area contributed by atoms with Crippen molar-refractivity contribution in [1.82, 2.24) is 8.96 Å². The van der Waals surface area contributed by atoms with Crippen LogP contribution >= 0.6 is 11.3 Å². The van der Waals surface area contributed by atoms with E-state index in [-0.39, 0.29) is 16.7 Å². The summed E-state index contributed by atoms with van der Waals surface area (Å²) >= 11 is 1.20. The molecule has 0 radical (unpaired) electrons. The molecule has 4 aromatic rings. The Kier molecular flexibility index (Phi) is 4.39. The maximum Gasteiger partial charge on any atom is 0.268 e. The van der Waals surface area contributed by atoms with Crippen molar-refractivity contribution < 1.29 is 13.2 Å². The van der Waals surface area contributed by atoms with E-state index < -0.39 is 10.0 Å². The number of aromatic nitrogens is 2. The molecule has 8 heteroatoms. The molecule has 0 saturated carbocycles. The van der Waals surface area contributed by atoms with Crippen LogP contribution in [0, 0.1) is 0 Å². The molecule has 2 heterocycles. The molecule has 152 valence electrons. The maximum absolute atomic E-state index is 13.7. The monoisotopic (exact) mass is 437 g/mol. The second-order valence-electron chi connectivity index (χ2n) is 7.41. The van der Waals surface area contributed by atoms with Crippen LogP contribution < -0.4 is 5.73 Å². The van der Waals surface area contributed by atoms with Crippen molar-refractivity contribution >= 4 is 38.0 Å². The molecule has 0 unspecified atom stereocenters. The number of nitrogens with zero attached hydrogens (tertiary/aromatic N) is 2. The van der Waals surface area contributed by atoms with Crippen molar-refractivity contribution in [3.8, 4) is 10.7 Å². The van der Waals surface area contributed by atoms with E-state index in [2.05, 4.69) is 4.98 Å². The smallest absolute Gasteiger partial charge is 0.268 e. The largest absolute Gasteiger partial charge is 0.324 e. The number of ketones is 1. The first kappa shape index (κ1) is 19.2. The molecule has 30 heavy (non-hydrogen) atoms. The topological polar surface area (TPSA) is 95.0 Å². The summed E-state index contributed by atoms with van der Waals surface area (Å²) in [7, 11) is -3.88. The van der Waals surface area contributed by atoms with Crippen LogP contribution in [0.15, 0.2) is 59.6 Å². The fourth-order valence-corrected chi connectivity index (χ4v) is 6.48. The maximum atomic E-state index is 13.7. The average molecular weight is 438 g/mol. The lowest BCUT2D eigenvalue weighted by Crippen LogP contribution is -2.14. The Labute approximate surface area is 178 Å². The SMILES string of the molecule is CC(=O)c1cnc(-c2cc3c4c(ccc3n2S(=O)(=O)c2ccccc2)[C@H](N)CC4)s1. The number of nitrogens with two attached hydrogens (primary N) is 1. The lowest BCUT2D eigenvalue weighted by molar-refractivity contribution is 0.102. The van der Waals surface area contributed by atoms with Crippen LogP contribution in [0.2, 0.25) is 0 Å². The van der Waals surface area contributed by atoms with Gasteiger partial charge in [0, 0.05) is 24.5 Å². The first-order valence-corrected chi connectivity index (χ1v) is 11.8. The first-order chi connectivity index (χ1) is 14.4. The molecule has 5 rings (SSSR count). The standard InChI is InChI=1S/C22H19N3O3S2/c1-13(26)21-12-24-22(29-21)20-11-17-15-7-9-18(23)16(15)8-10-19(17)25(20)30(27,28)14-5-3-2-4-6-14/h2-6,8,10-12,18H,7,9,23H2,1H3/t18-/m1/s1. The van der Waals surface area contributed by atoms with Crippen molar-refractivity contribution in [1.29, 1.82) is 0 Å². The highest BCUT2D eigenvalue weighted by Crippen LogP contribution is 2.40. The van der Waals surface area contributed by atoms with Crippen LogP contribution in [-0.2, 0) is 16.4 Å². The van der Waals surface area contributed by atoms with Gasteiger partial charge < -0.3 is 5.73 Å². The number of rotatable bonds is 4. The number of thiazole rings is 1. The molecule has 0 fully saturated rings. The third-order valence-corrected chi connectivity index (χ3v) is 8.41. The van der Waals surface area contributed by atoms with Crippen LogP contribution in [0.25, 0.3) is 21.6 Å². The van der Waals surface area contributed by atoms with Crippen LogP contribution in [0.3, 0.4) is 0 Å².